The molecule has 0 unspecified atom stereocenters. The van der Waals surface area contributed by atoms with Crippen molar-refractivity contribution in [3.63, 3.8) is 0 Å². The van der Waals surface area contributed by atoms with Crippen LogP contribution in [0.25, 0.3) is 6.08 Å². The lowest BCUT2D eigenvalue weighted by Crippen LogP contribution is -2.20. The second kappa shape index (κ2) is 12.0. The van der Waals surface area contributed by atoms with Crippen LogP contribution in [-0.4, -0.2) is 25.0 Å². The van der Waals surface area contributed by atoms with Gasteiger partial charge in [-0.2, -0.15) is 5.26 Å². The number of carbonyl (C=O) groups is 2. The Morgan fingerprint density at radius 1 is 1.00 bits per heavy atom. The minimum atomic E-state index is -0.530. The average molecular weight is 474 g/mol. The predicted octanol–water partition coefficient (Wildman–Crippen LogP) is 5.10. The molecule has 0 bridgehead atoms. The second-order valence-electron chi connectivity index (χ2n) is 7.42. The van der Waals surface area contributed by atoms with Gasteiger partial charge >= 0.3 is 0 Å². The number of nitrogens with zero attached hydrogens (tertiary/aromatic N) is 1. The van der Waals surface area contributed by atoms with Crippen molar-refractivity contribution in [2.24, 2.45) is 0 Å². The van der Waals surface area contributed by atoms with Gasteiger partial charge in [-0.1, -0.05) is 24.3 Å². The van der Waals surface area contributed by atoms with Crippen molar-refractivity contribution in [3.8, 4) is 17.6 Å². The van der Waals surface area contributed by atoms with E-state index in [2.05, 4.69) is 10.6 Å². The predicted molar refractivity (Wildman–Crippen MR) is 132 cm³/mol. The number of halogens is 1. The summed E-state index contributed by atoms with van der Waals surface area (Å²) in [4.78, 5) is 24.8. The van der Waals surface area contributed by atoms with Crippen molar-refractivity contribution in [1.82, 2.24) is 0 Å². The van der Waals surface area contributed by atoms with E-state index in [1.165, 1.54) is 30.3 Å². The molecule has 0 saturated heterocycles. The van der Waals surface area contributed by atoms with Crippen LogP contribution in [0.1, 0.15) is 18.1 Å². The van der Waals surface area contributed by atoms with Crippen LogP contribution < -0.4 is 20.1 Å². The number of nitrogens with one attached hydrogen (secondary N) is 2. The molecule has 3 aromatic carbocycles. The zero-order chi connectivity index (χ0) is 25.2. The van der Waals surface area contributed by atoms with Gasteiger partial charge in [-0.15, -0.1) is 0 Å². The number of carbonyl (C=O) groups excluding carboxylic acids is 2. The smallest absolute Gasteiger partial charge is 0.266 e. The summed E-state index contributed by atoms with van der Waals surface area (Å²) in [6.07, 6.45) is 1.45. The fourth-order valence-corrected chi connectivity index (χ4v) is 3.09. The molecule has 0 spiro atoms. The first-order chi connectivity index (χ1) is 16.9. The van der Waals surface area contributed by atoms with Crippen molar-refractivity contribution in [1.29, 1.82) is 5.26 Å². The Balaban J connectivity index is 1.71. The van der Waals surface area contributed by atoms with E-state index in [4.69, 9.17) is 9.47 Å². The molecule has 0 aromatic heterocycles. The Bertz CT molecular complexity index is 1280. The number of ether oxygens (including phenoxy) is 2. The topological polar surface area (TPSA) is 100 Å². The summed E-state index contributed by atoms with van der Waals surface area (Å²) in [7, 11) is 0. The summed E-state index contributed by atoms with van der Waals surface area (Å²) >= 11 is 0. The molecule has 0 fully saturated rings. The second-order valence-corrected chi connectivity index (χ2v) is 7.42. The molecule has 2 amide bonds. The number of anilines is 2. The third-order valence-electron chi connectivity index (χ3n) is 4.82. The molecule has 178 valence electrons. The van der Waals surface area contributed by atoms with Crippen molar-refractivity contribution < 1.29 is 23.5 Å². The first-order valence-corrected chi connectivity index (χ1v) is 10.8. The van der Waals surface area contributed by atoms with Gasteiger partial charge in [0.25, 0.3) is 11.8 Å². The molecule has 0 atom stereocenters. The molecule has 8 heteroatoms. The summed E-state index contributed by atoms with van der Waals surface area (Å²) in [5.74, 6) is -0.684. The van der Waals surface area contributed by atoms with Gasteiger partial charge in [0, 0.05) is 11.4 Å². The van der Waals surface area contributed by atoms with E-state index in [0.29, 0.717) is 35.0 Å². The van der Waals surface area contributed by atoms with Crippen LogP contribution in [0, 0.1) is 24.1 Å². The lowest BCUT2D eigenvalue weighted by molar-refractivity contribution is -0.118. The standard InChI is InChI=1S/C27H24FN3O4/c1-3-34-25-15-19(14-20(16-29)27(33)31-23-7-5-4-6-18(23)2)8-13-24(25)35-17-26(32)30-22-11-9-21(28)10-12-22/h4-15H,3,17H2,1-2H3,(H,30,32)(H,31,33). The van der Waals surface area contributed by atoms with Crippen LogP contribution in [0.2, 0.25) is 0 Å². The Morgan fingerprint density at radius 2 is 1.74 bits per heavy atom. The summed E-state index contributed by atoms with van der Waals surface area (Å²) < 4.78 is 24.2. The molecule has 7 nitrogen and oxygen atoms in total. The van der Waals surface area contributed by atoms with Gasteiger partial charge in [0.15, 0.2) is 18.1 Å². The molecule has 0 heterocycles. The minimum Gasteiger partial charge on any atom is -0.490 e. The molecule has 2 N–H and O–H groups in total. The number of nitriles is 1. The van der Waals surface area contributed by atoms with Gasteiger partial charge in [-0.3, -0.25) is 9.59 Å². The van der Waals surface area contributed by atoms with Gasteiger partial charge in [-0.05, 0) is 73.5 Å². The zero-order valence-electron chi connectivity index (χ0n) is 19.3. The molecule has 0 aliphatic carbocycles. The lowest BCUT2D eigenvalue weighted by atomic mass is 10.1. The first kappa shape index (κ1) is 25.0. The maximum absolute atomic E-state index is 13.0. The molecule has 0 aliphatic heterocycles. The first-order valence-electron chi connectivity index (χ1n) is 10.8. The van der Waals surface area contributed by atoms with E-state index < -0.39 is 17.6 Å². The highest BCUT2D eigenvalue weighted by Crippen LogP contribution is 2.29. The highest BCUT2D eigenvalue weighted by molar-refractivity contribution is 6.10. The zero-order valence-corrected chi connectivity index (χ0v) is 19.3. The number of benzene rings is 3. The van der Waals surface area contributed by atoms with Gasteiger partial charge in [0.2, 0.25) is 0 Å². The van der Waals surface area contributed by atoms with Crippen LogP contribution in [0.15, 0.2) is 72.3 Å². The fourth-order valence-electron chi connectivity index (χ4n) is 3.09. The van der Waals surface area contributed by atoms with Crippen LogP contribution >= 0.6 is 0 Å². The van der Waals surface area contributed by atoms with Gasteiger partial charge in [-0.25, -0.2) is 4.39 Å². The van der Waals surface area contributed by atoms with Crippen molar-refractivity contribution in [3.05, 3.63) is 89.2 Å². The SMILES string of the molecule is CCOc1cc(C=C(C#N)C(=O)Nc2ccccc2C)ccc1OCC(=O)Nc1ccc(F)cc1. The van der Waals surface area contributed by atoms with E-state index >= 15 is 0 Å². The lowest BCUT2D eigenvalue weighted by Gasteiger charge is -2.13. The molecule has 3 rings (SSSR count). The van der Waals surface area contributed by atoms with Crippen LogP contribution in [0.4, 0.5) is 15.8 Å². The third-order valence-corrected chi connectivity index (χ3v) is 4.82. The van der Waals surface area contributed by atoms with E-state index in [-0.39, 0.29) is 12.2 Å². The third kappa shape index (κ3) is 7.17. The minimum absolute atomic E-state index is 0.0805. The van der Waals surface area contributed by atoms with Crippen molar-refractivity contribution in [2.75, 3.05) is 23.8 Å². The quantitative estimate of drug-likeness (QED) is 0.333. The van der Waals surface area contributed by atoms with Gasteiger partial charge in [0.1, 0.15) is 17.5 Å². The van der Waals surface area contributed by atoms with Crippen LogP contribution in [0.5, 0.6) is 11.5 Å². The Hall–Kier alpha value is -4.64. The number of hydrogen-bond donors (Lipinski definition) is 2. The highest BCUT2D eigenvalue weighted by atomic mass is 19.1. The van der Waals surface area contributed by atoms with Crippen LogP contribution in [0.3, 0.4) is 0 Å². The number of hydrogen-bond acceptors (Lipinski definition) is 5. The fraction of sp³-hybridized carbons (Fsp3) is 0.148. The molecule has 0 radical (unpaired) electrons. The van der Waals surface area contributed by atoms with E-state index in [1.807, 2.05) is 25.1 Å². The van der Waals surface area contributed by atoms with Crippen molar-refractivity contribution in [2.45, 2.75) is 13.8 Å². The number of amides is 2. The van der Waals surface area contributed by atoms with E-state index in [1.54, 1.807) is 37.3 Å². The Kier molecular flexibility index (Phi) is 8.57. The maximum Gasteiger partial charge on any atom is 0.266 e. The normalized spacial score (nSPS) is 10.7. The van der Waals surface area contributed by atoms with Gasteiger partial charge in [0.05, 0.1) is 6.61 Å². The molecule has 0 saturated carbocycles. The highest BCUT2D eigenvalue weighted by Gasteiger charge is 2.13. The molecule has 35 heavy (non-hydrogen) atoms. The number of rotatable bonds is 9. The van der Waals surface area contributed by atoms with Crippen LogP contribution in [-0.2, 0) is 9.59 Å². The summed E-state index contributed by atoms with van der Waals surface area (Å²) in [6.45, 7) is 3.70. The van der Waals surface area contributed by atoms with E-state index in [0.717, 1.165) is 5.56 Å². The molecular weight excluding hydrogens is 449 g/mol. The molecular formula is C27H24FN3O4. The van der Waals surface area contributed by atoms with Gasteiger partial charge < -0.3 is 20.1 Å². The summed E-state index contributed by atoms with van der Waals surface area (Å²) in [5, 5.41) is 14.9. The Labute approximate surface area is 202 Å². The van der Waals surface area contributed by atoms with E-state index in [9.17, 15) is 19.2 Å². The summed E-state index contributed by atoms with van der Waals surface area (Å²) in [6, 6.07) is 19.4. The number of para-hydroxylation sites is 1. The monoisotopic (exact) mass is 473 g/mol. The Morgan fingerprint density at radius 3 is 2.43 bits per heavy atom. The summed E-state index contributed by atoms with van der Waals surface area (Å²) in [5.41, 5.74) is 2.41. The largest absolute Gasteiger partial charge is 0.490 e. The maximum atomic E-state index is 13.0. The molecule has 0 aliphatic rings. The number of aryl methyl sites for hydroxylation is 1. The average Bonchev–Trinajstić information content (AvgIpc) is 2.85. The van der Waals surface area contributed by atoms with Crippen molar-refractivity contribution >= 4 is 29.3 Å². The molecule has 3 aromatic rings.